The summed E-state index contributed by atoms with van der Waals surface area (Å²) in [4.78, 5) is 34.2. The lowest BCUT2D eigenvalue weighted by Gasteiger charge is -2.26. The van der Waals surface area contributed by atoms with Crippen molar-refractivity contribution in [2.45, 2.75) is 26.3 Å². The number of aromatic nitrogens is 2. The minimum Gasteiger partial charge on any atom is -0.505 e. The van der Waals surface area contributed by atoms with Gasteiger partial charge in [-0.2, -0.15) is 0 Å². The monoisotopic (exact) mass is 450 g/mol. The van der Waals surface area contributed by atoms with Gasteiger partial charge in [0, 0.05) is 12.7 Å². The Bertz CT molecular complexity index is 1280. The van der Waals surface area contributed by atoms with Crippen molar-refractivity contribution >= 4 is 23.1 Å². The highest BCUT2D eigenvalue weighted by Gasteiger charge is 2.46. The van der Waals surface area contributed by atoms with Crippen LogP contribution in [0.3, 0.4) is 0 Å². The third-order valence-corrected chi connectivity index (χ3v) is 5.95. The van der Waals surface area contributed by atoms with Gasteiger partial charge in [-0.3, -0.25) is 14.0 Å². The van der Waals surface area contributed by atoms with Gasteiger partial charge in [0.05, 0.1) is 17.3 Å². The summed E-state index contributed by atoms with van der Waals surface area (Å²) in [6.07, 6.45) is 2.38. The van der Waals surface area contributed by atoms with E-state index >= 15 is 0 Å². The van der Waals surface area contributed by atoms with Gasteiger partial charge >= 0.3 is 0 Å². The summed E-state index contributed by atoms with van der Waals surface area (Å²) in [6.45, 7) is 4.66. The molecule has 0 saturated carbocycles. The van der Waals surface area contributed by atoms with Gasteiger partial charge in [-0.05, 0) is 70.2 Å². The molecule has 2 aromatic heterocycles. The molecule has 1 aliphatic rings. The number of pyridine rings is 1. The number of Topliss-reactive ketones (excluding diaryl/α,β-unsaturated/α-hetero) is 1. The predicted molar refractivity (Wildman–Crippen MR) is 123 cm³/mol. The van der Waals surface area contributed by atoms with Gasteiger partial charge in [-0.15, -0.1) is 0 Å². The van der Waals surface area contributed by atoms with Crippen LogP contribution in [0, 0.1) is 19.7 Å². The fourth-order valence-electron chi connectivity index (χ4n) is 4.42. The number of carbonyl (C=O) groups is 2. The lowest BCUT2D eigenvalue weighted by atomic mass is 9.96. The molecule has 0 bridgehead atoms. The number of hydrogen-bond donors (Lipinski definition) is 1. The van der Waals surface area contributed by atoms with Crippen LogP contribution in [0.2, 0.25) is 0 Å². The molecule has 1 amide bonds. The van der Waals surface area contributed by atoms with E-state index < -0.39 is 23.5 Å². The van der Waals surface area contributed by atoms with Crippen LogP contribution >= 0.6 is 0 Å². The van der Waals surface area contributed by atoms with Crippen molar-refractivity contribution in [3.8, 4) is 0 Å². The Kier molecular flexibility index (Phi) is 6.03. The molecule has 7 nitrogen and oxygen atoms in total. The van der Waals surface area contributed by atoms with Gasteiger partial charge in [0.1, 0.15) is 17.2 Å². The molecule has 1 atom stereocenters. The maximum atomic E-state index is 14.1. The first-order valence-electron chi connectivity index (χ1n) is 10.8. The Morgan fingerprint density at radius 2 is 1.94 bits per heavy atom. The number of carbonyl (C=O) groups excluding carboxylic acids is 2. The molecule has 3 heterocycles. The molecule has 3 aromatic rings. The Morgan fingerprint density at radius 3 is 2.64 bits per heavy atom. The van der Waals surface area contributed by atoms with Crippen LogP contribution in [0.5, 0.6) is 0 Å². The summed E-state index contributed by atoms with van der Waals surface area (Å²) in [6, 6.07) is 8.64. The van der Waals surface area contributed by atoms with Gasteiger partial charge in [0.2, 0.25) is 0 Å². The van der Waals surface area contributed by atoms with E-state index in [2.05, 4.69) is 4.98 Å². The standard InChI is InChI=1S/C25H27FN4O3/c1-15-8-6-12-29-20(16(2)27-24(15)29)22(31)19-21(17-9-5-10-18(26)14-17)30(25(33)23(19)32)13-7-11-28(3)4/h5-6,8-10,12,14,21,31H,7,11,13H2,1-4H3/b22-19+/t21-/m0/s1. The Morgan fingerprint density at radius 1 is 1.18 bits per heavy atom. The first-order chi connectivity index (χ1) is 15.7. The van der Waals surface area contributed by atoms with Gasteiger partial charge in [0.25, 0.3) is 11.7 Å². The van der Waals surface area contributed by atoms with Crippen LogP contribution in [0.1, 0.15) is 35.0 Å². The predicted octanol–water partition coefficient (Wildman–Crippen LogP) is 3.46. The number of ketones is 1. The molecule has 1 saturated heterocycles. The molecule has 0 unspecified atom stereocenters. The third kappa shape index (κ3) is 4.02. The summed E-state index contributed by atoms with van der Waals surface area (Å²) < 4.78 is 15.8. The van der Waals surface area contributed by atoms with E-state index in [0.717, 1.165) is 5.56 Å². The van der Waals surface area contributed by atoms with Crippen molar-refractivity contribution in [2.75, 3.05) is 27.2 Å². The topological polar surface area (TPSA) is 78.1 Å². The molecule has 33 heavy (non-hydrogen) atoms. The molecule has 0 aliphatic carbocycles. The van der Waals surface area contributed by atoms with Crippen molar-refractivity contribution in [2.24, 2.45) is 0 Å². The minimum absolute atomic E-state index is 0.0538. The van der Waals surface area contributed by atoms with E-state index in [9.17, 15) is 19.1 Å². The van der Waals surface area contributed by atoms with Crippen LogP contribution in [0.4, 0.5) is 4.39 Å². The number of aryl methyl sites for hydroxylation is 2. The number of fused-ring (bicyclic) bond motifs is 1. The normalized spacial score (nSPS) is 18.1. The molecule has 1 aromatic carbocycles. The fraction of sp³-hybridized carbons (Fsp3) is 0.320. The van der Waals surface area contributed by atoms with E-state index in [1.165, 1.54) is 23.1 Å². The molecule has 8 heteroatoms. The number of rotatable bonds is 6. The zero-order valence-corrected chi connectivity index (χ0v) is 19.2. The van der Waals surface area contributed by atoms with E-state index in [1.807, 2.05) is 38.1 Å². The molecule has 4 rings (SSSR count). The molecule has 1 N–H and O–H groups in total. The van der Waals surface area contributed by atoms with E-state index in [1.54, 1.807) is 23.6 Å². The van der Waals surface area contributed by atoms with E-state index in [4.69, 9.17) is 0 Å². The number of benzene rings is 1. The third-order valence-electron chi connectivity index (χ3n) is 5.95. The fourth-order valence-corrected chi connectivity index (χ4v) is 4.42. The summed E-state index contributed by atoms with van der Waals surface area (Å²) in [5.41, 5.74) is 2.81. The van der Waals surface area contributed by atoms with Gasteiger partial charge in [-0.25, -0.2) is 9.37 Å². The number of imidazole rings is 1. The van der Waals surface area contributed by atoms with Crippen molar-refractivity contribution in [1.82, 2.24) is 19.2 Å². The Labute approximate surface area is 191 Å². The van der Waals surface area contributed by atoms with Gasteiger partial charge in [0.15, 0.2) is 5.76 Å². The van der Waals surface area contributed by atoms with Crippen LogP contribution in [-0.2, 0) is 9.59 Å². The number of aliphatic hydroxyl groups excluding tert-OH is 1. The summed E-state index contributed by atoms with van der Waals surface area (Å²) in [7, 11) is 3.85. The Balaban J connectivity index is 1.90. The molecule has 1 fully saturated rings. The number of hydrogen-bond acceptors (Lipinski definition) is 5. The summed E-state index contributed by atoms with van der Waals surface area (Å²) >= 11 is 0. The molecular formula is C25H27FN4O3. The van der Waals surface area contributed by atoms with Crippen LogP contribution < -0.4 is 0 Å². The van der Waals surface area contributed by atoms with Crippen molar-refractivity contribution < 1.29 is 19.1 Å². The number of likely N-dealkylation sites (tertiary alicyclic amines) is 1. The molecular weight excluding hydrogens is 423 g/mol. The maximum Gasteiger partial charge on any atom is 0.295 e. The van der Waals surface area contributed by atoms with Crippen molar-refractivity contribution in [3.63, 3.8) is 0 Å². The lowest BCUT2D eigenvalue weighted by molar-refractivity contribution is -0.139. The number of nitrogens with zero attached hydrogens (tertiary/aromatic N) is 4. The molecule has 0 spiro atoms. The maximum absolute atomic E-state index is 14.1. The lowest BCUT2D eigenvalue weighted by Crippen LogP contribution is -2.32. The minimum atomic E-state index is -0.891. The van der Waals surface area contributed by atoms with E-state index in [0.29, 0.717) is 42.1 Å². The van der Waals surface area contributed by atoms with Crippen molar-refractivity contribution in [3.05, 3.63) is 76.5 Å². The first-order valence-corrected chi connectivity index (χ1v) is 10.8. The average molecular weight is 451 g/mol. The second-order valence-electron chi connectivity index (χ2n) is 8.63. The molecule has 172 valence electrons. The largest absolute Gasteiger partial charge is 0.505 e. The zero-order valence-electron chi connectivity index (χ0n) is 19.2. The molecule has 0 radical (unpaired) electrons. The summed E-state index contributed by atoms with van der Waals surface area (Å²) in [5.74, 6) is -2.28. The quantitative estimate of drug-likeness (QED) is 0.354. The first kappa shape index (κ1) is 22.7. The number of amides is 1. The second-order valence-corrected chi connectivity index (χ2v) is 8.63. The number of aliphatic hydroxyl groups is 1. The van der Waals surface area contributed by atoms with Gasteiger partial charge < -0.3 is 14.9 Å². The highest BCUT2D eigenvalue weighted by atomic mass is 19.1. The highest BCUT2D eigenvalue weighted by molar-refractivity contribution is 6.46. The second kappa shape index (κ2) is 8.78. The average Bonchev–Trinajstić information content (AvgIpc) is 3.23. The van der Waals surface area contributed by atoms with Crippen molar-refractivity contribution in [1.29, 1.82) is 0 Å². The highest BCUT2D eigenvalue weighted by Crippen LogP contribution is 2.40. The van der Waals surface area contributed by atoms with Crippen LogP contribution in [-0.4, -0.2) is 63.2 Å². The van der Waals surface area contributed by atoms with E-state index in [-0.39, 0.29) is 11.3 Å². The SMILES string of the molecule is Cc1nc2c(C)cccn2c1/C(O)=C1\C(=O)C(=O)N(CCCN(C)C)[C@H]1c1cccc(F)c1. The van der Waals surface area contributed by atoms with Gasteiger partial charge in [-0.1, -0.05) is 18.2 Å². The van der Waals surface area contributed by atoms with Crippen LogP contribution in [0.15, 0.2) is 48.2 Å². The number of halogens is 1. The summed E-state index contributed by atoms with van der Waals surface area (Å²) in [5, 5.41) is 11.4. The Hall–Kier alpha value is -3.52. The van der Waals surface area contributed by atoms with Crippen LogP contribution in [0.25, 0.3) is 11.4 Å². The molecule has 1 aliphatic heterocycles. The zero-order chi connectivity index (χ0) is 23.9. The smallest absolute Gasteiger partial charge is 0.295 e.